The first-order valence-electron chi connectivity index (χ1n) is 10.9. The van der Waals surface area contributed by atoms with Crippen LogP contribution < -0.4 is 10.1 Å². The Hall–Kier alpha value is -2.53. The van der Waals surface area contributed by atoms with Crippen LogP contribution in [0.1, 0.15) is 50.2 Å². The summed E-state index contributed by atoms with van der Waals surface area (Å²) in [6.07, 6.45) is 5.73. The summed E-state index contributed by atoms with van der Waals surface area (Å²) in [6.45, 7) is 2.13. The van der Waals surface area contributed by atoms with Gasteiger partial charge in [0.05, 0.1) is 13.5 Å². The third-order valence-corrected chi connectivity index (χ3v) is 6.11. The predicted molar refractivity (Wildman–Crippen MR) is 123 cm³/mol. The van der Waals surface area contributed by atoms with Crippen molar-refractivity contribution in [2.45, 2.75) is 64.1 Å². The maximum absolute atomic E-state index is 13.3. The average molecular weight is 443 g/mol. The largest absolute Gasteiger partial charge is 0.497 e. The van der Waals surface area contributed by atoms with Crippen molar-refractivity contribution in [3.63, 3.8) is 0 Å². The van der Waals surface area contributed by atoms with E-state index in [0.717, 1.165) is 42.6 Å². The lowest BCUT2D eigenvalue weighted by Crippen LogP contribution is -2.50. The summed E-state index contributed by atoms with van der Waals surface area (Å²) in [5, 5.41) is 3.77. The Kier molecular flexibility index (Phi) is 8.35. The van der Waals surface area contributed by atoms with Crippen LogP contribution in [0, 0.1) is 0 Å². The van der Waals surface area contributed by atoms with E-state index in [9.17, 15) is 9.59 Å². The van der Waals surface area contributed by atoms with Crippen molar-refractivity contribution in [3.05, 3.63) is 64.7 Å². The summed E-state index contributed by atoms with van der Waals surface area (Å²) in [6, 6.07) is 14.5. The molecule has 1 atom stereocenters. The molecule has 0 aromatic heterocycles. The van der Waals surface area contributed by atoms with E-state index in [1.807, 2.05) is 42.5 Å². The van der Waals surface area contributed by atoms with Crippen LogP contribution in [0.15, 0.2) is 48.5 Å². The van der Waals surface area contributed by atoms with Gasteiger partial charge in [0, 0.05) is 17.6 Å². The summed E-state index contributed by atoms with van der Waals surface area (Å²) in [5.74, 6) is 0.542. The summed E-state index contributed by atoms with van der Waals surface area (Å²) >= 11 is 6.14. The number of nitrogens with zero attached hydrogens (tertiary/aromatic N) is 1. The number of methoxy groups -OCH3 is 1. The minimum atomic E-state index is -0.577. The maximum Gasteiger partial charge on any atom is 0.242 e. The molecule has 31 heavy (non-hydrogen) atoms. The second-order valence-electron chi connectivity index (χ2n) is 8.20. The minimum Gasteiger partial charge on any atom is -0.497 e. The van der Waals surface area contributed by atoms with Crippen molar-refractivity contribution >= 4 is 23.4 Å². The van der Waals surface area contributed by atoms with Gasteiger partial charge in [-0.2, -0.15) is 0 Å². The zero-order valence-corrected chi connectivity index (χ0v) is 19.0. The smallest absolute Gasteiger partial charge is 0.242 e. The molecule has 0 radical (unpaired) electrons. The summed E-state index contributed by atoms with van der Waals surface area (Å²) in [4.78, 5) is 27.9. The maximum atomic E-state index is 13.3. The Morgan fingerprint density at radius 3 is 2.45 bits per heavy atom. The van der Waals surface area contributed by atoms with Crippen LogP contribution in [0.2, 0.25) is 5.02 Å². The molecule has 0 aliphatic heterocycles. The van der Waals surface area contributed by atoms with Gasteiger partial charge in [0.2, 0.25) is 11.8 Å². The van der Waals surface area contributed by atoms with E-state index in [0.29, 0.717) is 11.6 Å². The molecule has 2 aromatic carbocycles. The number of rotatable bonds is 8. The number of carbonyl (C=O) groups excluding carboxylic acids is 2. The Labute approximate surface area is 189 Å². The van der Waals surface area contributed by atoms with Crippen LogP contribution in [-0.2, 0) is 22.6 Å². The molecule has 1 N–H and O–H groups in total. The molecule has 0 saturated heterocycles. The highest BCUT2D eigenvalue weighted by Crippen LogP contribution is 2.20. The molecule has 166 valence electrons. The quantitative estimate of drug-likeness (QED) is 0.641. The molecule has 5 nitrogen and oxygen atoms in total. The van der Waals surface area contributed by atoms with Crippen LogP contribution >= 0.6 is 11.6 Å². The molecular formula is C25H31ClN2O3. The highest BCUT2D eigenvalue weighted by atomic mass is 35.5. The van der Waals surface area contributed by atoms with E-state index in [-0.39, 0.29) is 24.3 Å². The molecular weight excluding hydrogens is 412 g/mol. The van der Waals surface area contributed by atoms with Gasteiger partial charge in [0.1, 0.15) is 11.8 Å². The second-order valence-corrected chi connectivity index (χ2v) is 8.63. The van der Waals surface area contributed by atoms with E-state index in [4.69, 9.17) is 16.3 Å². The number of carbonyl (C=O) groups is 2. The third kappa shape index (κ3) is 6.73. The number of halogens is 1. The Balaban J connectivity index is 1.75. The fraction of sp³-hybridized carbons (Fsp3) is 0.440. The molecule has 1 fully saturated rings. The van der Waals surface area contributed by atoms with Crippen molar-refractivity contribution in [1.29, 1.82) is 0 Å². The first-order chi connectivity index (χ1) is 15.0. The topological polar surface area (TPSA) is 58.6 Å². The van der Waals surface area contributed by atoms with E-state index in [2.05, 4.69) is 5.32 Å². The Morgan fingerprint density at radius 1 is 1.10 bits per heavy atom. The predicted octanol–water partition coefficient (Wildman–Crippen LogP) is 4.76. The number of hydrogen-bond acceptors (Lipinski definition) is 3. The monoisotopic (exact) mass is 442 g/mol. The van der Waals surface area contributed by atoms with Crippen LogP contribution in [0.4, 0.5) is 0 Å². The van der Waals surface area contributed by atoms with Gasteiger partial charge in [-0.05, 0) is 55.2 Å². The van der Waals surface area contributed by atoms with Gasteiger partial charge in [-0.15, -0.1) is 0 Å². The average Bonchev–Trinajstić information content (AvgIpc) is 2.78. The first-order valence-corrected chi connectivity index (χ1v) is 11.3. The zero-order chi connectivity index (χ0) is 22.2. The van der Waals surface area contributed by atoms with Crippen molar-refractivity contribution in [1.82, 2.24) is 10.2 Å². The van der Waals surface area contributed by atoms with Crippen LogP contribution in [0.5, 0.6) is 5.75 Å². The fourth-order valence-corrected chi connectivity index (χ4v) is 4.22. The normalized spacial score (nSPS) is 15.2. The number of amides is 2. The molecule has 3 rings (SSSR count). The van der Waals surface area contributed by atoms with Gasteiger partial charge in [0.15, 0.2) is 0 Å². The van der Waals surface area contributed by atoms with E-state index in [1.54, 1.807) is 25.0 Å². The second kappa shape index (κ2) is 11.2. The summed E-state index contributed by atoms with van der Waals surface area (Å²) in [7, 11) is 1.61. The standard InChI is InChI=1S/C25H31ClN2O3/c1-18(25(30)27-22-9-4-3-5-10-22)28(17-20-7-6-8-21(26)15-20)24(29)16-19-11-13-23(31-2)14-12-19/h6-8,11-15,18,22H,3-5,9-10,16-17H2,1-2H3,(H,27,30). The van der Waals surface area contributed by atoms with Gasteiger partial charge in [-0.3, -0.25) is 9.59 Å². The van der Waals surface area contributed by atoms with Crippen molar-refractivity contribution in [3.8, 4) is 5.75 Å². The lowest BCUT2D eigenvalue weighted by atomic mass is 9.95. The number of hydrogen-bond donors (Lipinski definition) is 1. The fourth-order valence-electron chi connectivity index (χ4n) is 4.00. The van der Waals surface area contributed by atoms with Crippen molar-refractivity contribution in [2.75, 3.05) is 7.11 Å². The SMILES string of the molecule is COc1ccc(CC(=O)N(Cc2cccc(Cl)c2)C(C)C(=O)NC2CCCCC2)cc1. The lowest BCUT2D eigenvalue weighted by molar-refractivity contribution is -0.140. The van der Waals surface area contributed by atoms with Crippen LogP contribution in [-0.4, -0.2) is 35.9 Å². The van der Waals surface area contributed by atoms with Gasteiger partial charge >= 0.3 is 0 Å². The third-order valence-electron chi connectivity index (χ3n) is 5.88. The number of nitrogens with one attached hydrogen (secondary N) is 1. The molecule has 0 spiro atoms. The van der Waals surface area contributed by atoms with Crippen LogP contribution in [0.25, 0.3) is 0 Å². The first kappa shape index (κ1) is 23.1. The Morgan fingerprint density at radius 2 is 1.81 bits per heavy atom. The van der Waals surface area contributed by atoms with Crippen LogP contribution in [0.3, 0.4) is 0 Å². The number of benzene rings is 2. The van der Waals surface area contributed by atoms with Gasteiger partial charge in [-0.1, -0.05) is 55.1 Å². The molecule has 6 heteroatoms. The molecule has 0 heterocycles. The molecule has 2 amide bonds. The molecule has 1 saturated carbocycles. The highest BCUT2D eigenvalue weighted by molar-refractivity contribution is 6.30. The molecule has 0 bridgehead atoms. The number of ether oxygens (including phenoxy) is 1. The zero-order valence-electron chi connectivity index (χ0n) is 18.3. The van der Waals surface area contributed by atoms with E-state index in [1.165, 1.54) is 6.42 Å². The van der Waals surface area contributed by atoms with Crippen molar-refractivity contribution in [2.24, 2.45) is 0 Å². The molecule has 1 unspecified atom stereocenters. The molecule has 1 aliphatic carbocycles. The van der Waals surface area contributed by atoms with Gasteiger partial charge in [-0.25, -0.2) is 0 Å². The van der Waals surface area contributed by atoms with Gasteiger partial charge in [0.25, 0.3) is 0 Å². The summed E-state index contributed by atoms with van der Waals surface area (Å²) in [5.41, 5.74) is 1.77. The van der Waals surface area contributed by atoms with E-state index < -0.39 is 6.04 Å². The summed E-state index contributed by atoms with van der Waals surface area (Å²) < 4.78 is 5.19. The molecule has 2 aromatic rings. The van der Waals surface area contributed by atoms with Crippen molar-refractivity contribution < 1.29 is 14.3 Å². The van der Waals surface area contributed by atoms with Gasteiger partial charge < -0.3 is 15.0 Å². The van der Waals surface area contributed by atoms with E-state index >= 15 is 0 Å². The minimum absolute atomic E-state index is 0.1000. The Bertz CT molecular complexity index is 879. The highest BCUT2D eigenvalue weighted by Gasteiger charge is 2.28. The lowest BCUT2D eigenvalue weighted by Gasteiger charge is -2.31. The molecule has 1 aliphatic rings.